The number of aryl methyl sites for hydroxylation is 2. The Labute approximate surface area is 166 Å². The van der Waals surface area contributed by atoms with Crippen molar-refractivity contribution >= 4 is 0 Å². The van der Waals surface area contributed by atoms with Crippen LogP contribution in [0.2, 0.25) is 0 Å². The van der Waals surface area contributed by atoms with Gasteiger partial charge in [-0.15, -0.1) is 0 Å². The summed E-state index contributed by atoms with van der Waals surface area (Å²) in [7, 11) is 0. The molecule has 0 amide bonds. The molecule has 2 aromatic rings. The van der Waals surface area contributed by atoms with Gasteiger partial charge >= 0.3 is 0 Å². The van der Waals surface area contributed by atoms with Gasteiger partial charge in [0.1, 0.15) is 12.2 Å². The molecule has 1 N–H and O–H groups in total. The number of benzene rings is 2. The lowest BCUT2D eigenvalue weighted by atomic mass is 9.94. The minimum absolute atomic E-state index is 0.0217. The van der Waals surface area contributed by atoms with Crippen molar-refractivity contribution in [3.05, 3.63) is 70.8 Å². The molecule has 2 aliphatic heterocycles. The summed E-state index contributed by atoms with van der Waals surface area (Å²) in [5, 5.41) is 9.78. The SMILES string of the molecule is Cc1ccc(C2OC3COC(c4cccc(C)c4)OC3C(C(C)CO)O2)cc1. The zero-order chi connectivity index (χ0) is 19.7. The Kier molecular flexibility index (Phi) is 5.80. The Morgan fingerprint density at radius 3 is 2.43 bits per heavy atom. The standard InChI is InChI=1S/C23H28O5/c1-14-7-9-17(10-8-14)23-26-19-13-25-22(18-6-4-5-15(2)11-18)28-21(19)20(27-23)16(3)12-24/h4-11,16,19-24H,12-13H2,1-3H3. The van der Waals surface area contributed by atoms with E-state index in [1.165, 1.54) is 5.56 Å². The van der Waals surface area contributed by atoms with Crippen LogP contribution in [0.1, 0.15) is 41.8 Å². The molecule has 0 saturated carbocycles. The Balaban J connectivity index is 1.56. The van der Waals surface area contributed by atoms with Gasteiger partial charge in [-0.1, -0.05) is 66.6 Å². The topological polar surface area (TPSA) is 57.2 Å². The highest BCUT2D eigenvalue weighted by Gasteiger charge is 2.47. The normalized spacial score (nSPS) is 31.2. The molecular formula is C23H28O5. The molecule has 2 saturated heterocycles. The van der Waals surface area contributed by atoms with Crippen molar-refractivity contribution < 1.29 is 24.1 Å². The van der Waals surface area contributed by atoms with E-state index in [2.05, 4.69) is 6.07 Å². The van der Waals surface area contributed by atoms with Gasteiger partial charge in [0.15, 0.2) is 12.6 Å². The summed E-state index contributed by atoms with van der Waals surface area (Å²) in [6, 6.07) is 16.2. The average Bonchev–Trinajstić information content (AvgIpc) is 2.72. The summed E-state index contributed by atoms with van der Waals surface area (Å²) in [4.78, 5) is 0. The highest BCUT2D eigenvalue weighted by atomic mass is 16.8. The molecule has 2 fully saturated rings. The number of hydrogen-bond acceptors (Lipinski definition) is 5. The molecule has 0 aliphatic carbocycles. The van der Waals surface area contributed by atoms with Gasteiger partial charge in [0.25, 0.3) is 0 Å². The molecular weight excluding hydrogens is 356 g/mol. The molecule has 0 spiro atoms. The summed E-state index contributed by atoms with van der Waals surface area (Å²) < 4.78 is 24.8. The Hall–Kier alpha value is -1.76. The molecule has 2 aromatic carbocycles. The first-order valence-corrected chi connectivity index (χ1v) is 9.87. The lowest BCUT2D eigenvalue weighted by Crippen LogP contribution is -2.56. The monoisotopic (exact) mass is 384 g/mol. The van der Waals surface area contributed by atoms with Gasteiger partial charge in [0, 0.05) is 23.7 Å². The fourth-order valence-electron chi connectivity index (χ4n) is 3.80. The third-order valence-corrected chi connectivity index (χ3v) is 5.47. The van der Waals surface area contributed by atoms with Crippen LogP contribution in [0.15, 0.2) is 48.5 Å². The summed E-state index contributed by atoms with van der Waals surface area (Å²) in [5.41, 5.74) is 4.28. The highest BCUT2D eigenvalue weighted by Crippen LogP contribution is 2.40. The summed E-state index contributed by atoms with van der Waals surface area (Å²) >= 11 is 0. The molecule has 0 bridgehead atoms. The van der Waals surface area contributed by atoms with E-state index in [0.29, 0.717) is 6.61 Å². The maximum atomic E-state index is 9.78. The van der Waals surface area contributed by atoms with E-state index in [0.717, 1.165) is 16.7 Å². The van der Waals surface area contributed by atoms with Crippen molar-refractivity contribution in [2.75, 3.05) is 13.2 Å². The van der Waals surface area contributed by atoms with Crippen molar-refractivity contribution in [3.8, 4) is 0 Å². The number of hydrogen-bond donors (Lipinski definition) is 1. The zero-order valence-corrected chi connectivity index (χ0v) is 16.6. The van der Waals surface area contributed by atoms with Crippen LogP contribution < -0.4 is 0 Å². The van der Waals surface area contributed by atoms with Crippen LogP contribution in [-0.4, -0.2) is 36.6 Å². The van der Waals surface area contributed by atoms with Crippen LogP contribution in [0.3, 0.4) is 0 Å². The van der Waals surface area contributed by atoms with E-state index in [-0.39, 0.29) is 30.8 Å². The molecule has 28 heavy (non-hydrogen) atoms. The van der Waals surface area contributed by atoms with E-state index in [4.69, 9.17) is 18.9 Å². The van der Waals surface area contributed by atoms with Crippen LogP contribution in [0.4, 0.5) is 0 Å². The van der Waals surface area contributed by atoms with Gasteiger partial charge in [-0.2, -0.15) is 0 Å². The van der Waals surface area contributed by atoms with Crippen molar-refractivity contribution in [2.45, 2.75) is 51.7 Å². The second kappa shape index (κ2) is 8.31. The van der Waals surface area contributed by atoms with Crippen LogP contribution >= 0.6 is 0 Å². The third-order valence-electron chi connectivity index (χ3n) is 5.47. The van der Waals surface area contributed by atoms with Gasteiger partial charge in [0.05, 0.1) is 12.7 Å². The van der Waals surface area contributed by atoms with Crippen molar-refractivity contribution in [1.82, 2.24) is 0 Å². The minimum Gasteiger partial charge on any atom is -0.396 e. The third kappa shape index (κ3) is 4.00. The first-order chi connectivity index (χ1) is 13.5. The Bertz CT molecular complexity index is 790. The largest absolute Gasteiger partial charge is 0.396 e. The van der Waals surface area contributed by atoms with E-state index in [9.17, 15) is 5.11 Å². The molecule has 4 rings (SSSR count). The number of aliphatic hydroxyl groups is 1. The zero-order valence-electron chi connectivity index (χ0n) is 16.6. The maximum Gasteiger partial charge on any atom is 0.184 e. The number of aliphatic hydroxyl groups excluding tert-OH is 1. The first kappa shape index (κ1) is 19.6. The van der Waals surface area contributed by atoms with E-state index < -0.39 is 12.6 Å². The molecule has 0 radical (unpaired) electrons. The summed E-state index contributed by atoms with van der Waals surface area (Å²) in [5.74, 6) is -0.0828. The summed E-state index contributed by atoms with van der Waals surface area (Å²) in [6.45, 7) is 6.51. The maximum absolute atomic E-state index is 9.78. The molecule has 5 heteroatoms. The molecule has 150 valence electrons. The van der Waals surface area contributed by atoms with Crippen LogP contribution in [0.5, 0.6) is 0 Å². The average molecular weight is 384 g/mol. The number of ether oxygens (including phenoxy) is 4. The predicted molar refractivity (Wildman–Crippen MR) is 105 cm³/mol. The lowest BCUT2D eigenvalue weighted by molar-refractivity contribution is -0.370. The van der Waals surface area contributed by atoms with Gasteiger partial charge in [-0.3, -0.25) is 0 Å². The van der Waals surface area contributed by atoms with E-state index in [1.54, 1.807) is 0 Å². The van der Waals surface area contributed by atoms with Gasteiger partial charge in [-0.05, 0) is 13.8 Å². The highest BCUT2D eigenvalue weighted by molar-refractivity contribution is 5.24. The van der Waals surface area contributed by atoms with E-state index in [1.807, 2.05) is 63.2 Å². The van der Waals surface area contributed by atoms with Crippen LogP contribution in [0, 0.1) is 19.8 Å². The first-order valence-electron chi connectivity index (χ1n) is 9.87. The molecule has 0 aromatic heterocycles. The second-order valence-electron chi connectivity index (χ2n) is 7.86. The predicted octanol–water partition coefficient (Wildman–Crippen LogP) is 3.83. The van der Waals surface area contributed by atoms with Crippen molar-refractivity contribution in [3.63, 3.8) is 0 Å². The van der Waals surface area contributed by atoms with Gasteiger partial charge < -0.3 is 24.1 Å². The second-order valence-corrected chi connectivity index (χ2v) is 7.86. The fourth-order valence-corrected chi connectivity index (χ4v) is 3.80. The molecule has 2 aliphatic rings. The molecule has 6 unspecified atom stereocenters. The Morgan fingerprint density at radius 2 is 1.71 bits per heavy atom. The minimum atomic E-state index is -0.497. The van der Waals surface area contributed by atoms with E-state index >= 15 is 0 Å². The molecule has 6 atom stereocenters. The smallest absolute Gasteiger partial charge is 0.184 e. The number of rotatable bonds is 4. The van der Waals surface area contributed by atoms with Gasteiger partial charge in [0.2, 0.25) is 0 Å². The molecule has 5 nitrogen and oxygen atoms in total. The van der Waals surface area contributed by atoms with Crippen LogP contribution in [-0.2, 0) is 18.9 Å². The number of fused-ring (bicyclic) bond motifs is 1. The Morgan fingerprint density at radius 1 is 0.929 bits per heavy atom. The fraction of sp³-hybridized carbons (Fsp3) is 0.478. The van der Waals surface area contributed by atoms with Gasteiger partial charge in [-0.25, -0.2) is 0 Å². The van der Waals surface area contributed by atoms with Crippen molar-refractivity contribution in [1.29, 1.82) is 0 Å². The quantitative estimate of drug-likeness (QED) is 0.868. The van der Waals surface area contributed by atoms with Crippen LogP contribution in [0.25, 0.3) is 0 Å². The molecule has 2 heterocycles. The summed E-state index contributed by atoms with van der Waals surface area (Å²) in [6.07, 6.45) is -1.80. The van der Waals surface area contributed by atoms with Crippen molar-refractivity contribution in [2.24, 2.45) is 5.92 Å². The lowest BCUT2D eigenvalue weighted by Gasteiger charge is -2.47.